The van der Waals surface area contributed by atoms with Crippen molar-refractivity contribution in [3.63, 3.8) is 0 Å². The number of methoxy groups -OCH3 is 1. The fraction of sp³-hybridized carbons (Fsp3) is 0.296. The summed E-state index contributed by atoms with van der Waals surface area (Å²) in [6.07, 6.45) is 0.123. The van der Waals surface area contributed by atoms with Gasteiger partial charge < -0.3 is 19.3 Å². The van der Waals surface area contributed by atoms with Crippen molar-refractivity contribution in [2.75, 3.05) is 27.4 Å². The molecule has 2 aromatic rings. The number of esters is 1. The van der Waals surface area contributed by atoms with Crippen LogP contribution >= 0.6 is 11.8 Å². The van der Waals surface area contributed by atoms with Crippen LogP contribution < -0.4 is 0 Å². The lowest BCUT2D eigenvalue weighted by Gasteiger charge is -2.36. The van der Waals surface area contributed by atoms with Gasteiger partial charge in [0, 0.05) is 26.4 Å². The van der Waals surface area contributed by atoms with Crippen molar-refractivity contribution in [3.8, 4) is 0 Å². The monoisotopic (exact) mass is 509 g/mol. The summed E-state index contributed by atoms with van der Waals surface area (Å²) >= 11 is 1.40. The summed E-state index contributed by atoms with van der Waals surface area (Å²) in [7, 11) is 3.30. The van der Waals surface area contributed by atoms with E-state index in [1.54, 1.807) is 31.0 Å². The second-order valence-electron chi connectivity index (χ2n) is 8.49. The van der Waals surface area contributed by atoms with Crippen LogP contribution in [0, 0.1) is 5.82 Å². The molecule has 4 rings (SSSR count). The minimum Gasteiger partial charge on any atom is -0.460 e. The Morgan fingerprint density at radius 2 is 1.83 bits per heavy atom. The van der Waals surface area contributed by atoms with Gasteiger partial charge in [-0.2, -0.15) is 0 Å². The third-order valence-corrected chi connectivity index (χ3v) is 6.84. The first kappa shape index (κ1) is 25.7. The highest BCUT2D eigenvalue weighted by Crippen LogP contribution is 2.45. The Bertz CT molecular complexity index is 1210. The molecule has 0 N–H and O–H groups in total. The number of hydrogen-bond donors (Lipinski definition) is 0. The summed E-state index contributed by atoms with van der Waals surface area (Å²) in [5, 5.41) is 2.54. The second kappa shape index (κ2) is 11.5. The first-order valence-electron chi connectivity index (χ1n) is 11.5. The van der Waals surface area contributed by atoms with E-state index in [4.69, 9.17) is 9.47 Å². The van der Waals surface area contributed by atoms with Crippen LogP contribution in [0.2, 0.25) is 0 Å². The highest BCUT2D eigenvalue weighted by atomic mass is 32.2. The van der Waals surface area contributed by atoms with Gasteiger partial charge in [0.2, 0.25) is 5.91 Å². The van der Waals surface area contributed by atoms with Crippen LogP contribution in [-0.4, -0.2) is 54.2 Å². The normalized spacial score (nSPS) is 16.9. The lowest BCUT2D eigenvalue weighted by atomic mass is 9.94. The molecular weight excluding hydrogens is 481 g/mol. The van der Waals surface area contributed by atoms with Gasteiger partial charge in [-0.15, -0.1) is 0 Å². The number of thioether (sulfide) groups is 1. The molecule has 0 spiro atoms. The van der Waals surface area contributed by atoms with Crippen molar-refractivity contribution < 1.29 is 23.5 Å². The Morgan fingerprint density at radius 3 is 2.53 bits per heavy atom. The molecule has 1 unspecified atom stereocenters. The number of halogens is 1. The quantitative estimate of drug-likeness (QED) is 0.362. The van der Waals surface area contributed by atoms with E-state index >= 15 is 0 Å². The smallest absolute Gasteiger partial charge is 0.338 e. The van der Waals surface area contributed by atoms with Crippen LogP contribution in [0.25, 0.3) is 0 Å². The average molecular weight is 510 g/mol. The summed E-state index contributed by atoms with van der Waals surface area (Å²) in [6.45, 7) is 2.60. The molecule has 9 heteroatoms. The minimum atomic E-state index is -0.610. The van der Waals surface area contributed by atoms with E-state index in [0.717, 1.165) is 5.56 Å². The number of aliphatic imine (C=N–C) groups is 1. The molecule has 2 aliphatic heterocycles. The number of amides is 1. The van der Waals surface area contributed by atoms with E-state index in [-0.39, 0.29) is 31.4 Å². The van der Waals surface area contributed by atoms with Gasteiger partial charge in [0.05, 0.1) is 30.3 Å². The van der Waals surface area contributed by atoms with Crippen LogP contribution in [0.15, 0.2) is 82.0 Å². The Kier molecular flexibility index (Phi) is 8.22. The largest absolute Gasteiger partial charge is 0.460 e. The van der Waals surface area contributed by atoms with Gasteiger partial charge in [-0.1, -0.05) is 54.2 Å². The summed E-state index contributed by atoms with van der Waals surface area (Å²) < 4.78 is 24.2. The molecule has 1 amide bonds. The summed E-state index contributed by atoms with van der Waals surface area (Å²) in [5.74, 6) is -0.969. The van der Waals surface area contributed by atoms with E-state index in [1.807, 2.05) is 40.6 Å². The minimum absolute atomic E-state index is 0.0692. The van der Waals surface area contributed by atoms with Crippen LogP contribution in [0.4, 0.5) is 4.39 Å². The number of fused-ring (bicyclic) bond motifs is 1. The van der Waals surface area contributed by atoms with Gasteiger partial charge in [0.25, 0.3) is 0 Å². The fourth-order valence-corrected chi connectivity index (χ4v) is 5.09. The van der Waals surface area contributed by atoms with Crippen LogP contribution in [-0.2, 0) is 25.6 Å². The Morgan fingerprint density at radius 1 is 1.11 bits per heavy atom. The third kappa shape index (κ3) is 5.68. The molecule has 0 fully saturated rings. The van der Waals surface area contributed by atoms with Gasteiger partial charge in [-0.05, 0) is 35.6 Å². The zero-order valence-electron chi connectivity index (χ0n) is 20.4. The Labute approximate surface area is 214 Å². The SMILES string of the molecule is COCCOC(=O)C1=C(C)N=C2SC=C(CC(=O)N(C)Cc3ccccc3)N2C1c1ccc(F)cc1. The van der Waals surface area contributed by atoms with Crippen molar-refractivity contribution in [3.05, 3.63) is 93.9 Å². The van der Waals surface area contributed by atoms with Crippen molar-refractivity contribution in [1.29, 1.82) is 0 Å². The van der Waals surface area contributed by atoms with Gasteiger partial charge in [-0.25, -0.2) is 14.2 Å². The number of hydrogen-bond acceptors (Lipinski definition) is 7. The van der Waals surface area contributed by atoms with Gasteiger partial charge in [0.15, 0.2) is 5.17 Å². The zero-order valence-corrected chi connectivity index (χ0v) is 21.3. The number of benzene rings is 2. The predicted octanol–water partition coefficient (Wildman–Crippen LogP) is 4.64. The molecule has 188 valence electrons. The molecule has 2 aromatic carbocycles. The van der Waals surface area contributed by atoms with E-state index in [9.17, 15) is 14.0 Å². The van der Waals surface area contributed by atoms with E-state index in [1.165, 1.54) is 31.0 Å². The summed E-state index contributed by atoms with van der Waals surface area (Å²) in [5.41, 5.74) is 3.31. The molecule has 0 aromatic heterocycles. The van der Waals surface area contributed by atoms with E-state index in [2.05, 4.69) is 4.99 Å². The number of nitrogens with zero attached hydrogens (tertiary/aromatic N) is 3. The molecule has 0 saturated carbocycles. The number of amidine groups is 1. The molecule has 36 heavy (non-hydrogen) atoms. The van der Waals surface area contributed by atoms with Crippen molar-refractivity contribution in [2.45, 2.75) is 25.9 Å². The lowest BCUT2D eigenvalue weighted by molar-refractivity contribution is -0.141. The number of ether oxygens (including phenoxy) is 2. The summed E-state index contributed by atoms with van der Waals surface area (Å²) in [4.78, 5) is 34.5. The molecular formula is C27H28FN3O4S. The first-order chi connectivity index (χ1) is 17.4. The first-order valence-corrected chi connectivity index (χ1v) is 12.4. The number of allylic oxidation sites excluding steroid dienone is 1. The van der Waals surface area contributed by atoms with E-state index in [0.29, 0.717) is 34.2 Å². The standard InChI is InChI=1S/C27H28FN3O4S/c1-18-24(26(33)35-14-13-34-3)25(20-9-11-21(28)12-10-20)31-22(17-36-27(31)29-18)15-23(32)30(2)16-19-7-5-4-6-8-19/h4-12,17,25H,13-16H2,1-3H3. The maximum atomic E-state index is 13.8. The fourth-order valence-electron chi connectivity index (χ4n) is 4.12. The summed E-state index contributed by atoms with van der Waals surface area (Å²) in [6, 6.07) is 15.2. The van der Waals surface area contributed by atoms with Crippen LogP contribution in [0.5, 0.6) is 0 Å². The number of rotatable bonds is 9. The zero-order chi connectivity index (χ0) is 25.7. The Hall–Kier alpha value is -3.43. The second-order valence-corrected chi connectivity index (χ2v) is 9.32. The van der Waals surface area contributed by atoms with E-state index < -0.39 is 12.0 Å². The topological polar surface area (TPSA) is 71.4 Å². The van der Waals surface area contributed by atoms with Crippen molar-refractivity contribution in [2.24, 2.45) is 4.99 Å². The number of carbonyl (C=O) groups excluding carboxylic acids is 2. The maximum absolute atomic E-state index is 13.8. The molecule has 2 heterocycles. The van der Waals surface area contributed by atoms with Crippen molar-refractivity contribution in [1.82, 2.24) is 9.80 Å². The molecule has 0 bridgehead atoms. The van der Waals surface area contributed by atoms with Gasteiger partial charge in [0.1, 0.15) is 12.4 Å². The molecule has 1 atom stereocenters. The molecule has 0 aliphatic carbocycles. The lowest BCUT2D eigenvalue weighted by Crippen LogP contribution is -2.38. The highest BCUT2D eigenvalue weighted by molar-refractivity contribution is 8.16. The van der Waals surface area contributed by atoms with Gasteiger partial charge in [-0.3, -0.25) is 4.79 Å². The molecule has 0 saturated heterocycles. The molecule has 2 aliphatic rings. The van der Waals surface area contributed by atoms with Crippen molar-refractivity contribution >= 4 is 28.8 Å². The third-order valence-electron chi connectivity index (χ3n) is 5.95. The predicted molar refractivity (Wildman–Crippen MR) is 137 cm³/mol. The van der Waals surface area contributed by atoms with Crippen LogP contribution in [0.3, 0.4) is 0 Å². The van der Waals surface area contributed by atoms with Crippen LogP contribution in [0.1, 0.15) is 30.5 Å². The van der Waals surface area contributed by atoms with Gasteiger partial charge >= 0.3 is 5.97 Å². The maximum Gasteiger partial charge on any atom is 0.338 e. The Balaban J connectivity index is 1.61. The molecule has 7 nitrogen and oxygen atoms in total. The number of carbonyl (C=O) groups is 2. The highest BCUT2D eigenvalue weighted by Gasteiger charge is 2.41. The average Bonchev–Trinajstić information content (AvgIpc) is 3.26. The molecule has 0 radical (unpaired) electrons.